The summed E-state index contributed by atoms with van der Waals surface area (Å²) in [6.45, 7) is 0.0849. The van der Waals surface area contributed by atoms with Crippen LogP contribution >= 0.6 is 0 Å². The molecule has 6 heteroatoms. The first-order chi connectivity index (χ1) is 11.0. The molecule has 23 heavy (non-hydrogen) atoms. The average molecular weight is 316 g/mol. The zero-order valence-corrected chi connectivity index (χ0v) is 12.7. The lowest BCUT2D eigenvalue weighted by atomic mass is 10.0. The van der Waals surface area contributed by atoms with E-state index in [1.54, 1.807) is 24.3 Å². The summed E-state index contributed by atoms with van der Waals surface area (Å²) in [5.41, 5.74) is 1.06. The molecular weight excluding hydrogens is 296 g/mol. The summed E-state index contributed by atoms with van der Waals surface area (Å²) in [7, 11) is 0. The second-order valence-corrected chi connectivity index (χ2v) is 5.49. The predicted octanol–water partition coefficient (Wildman–Crippen LogP) is 2.19. The first-order valence-electron chi connectivity index (χ1n) is 7.61. The topological polar surface area (TPSA) is 95.5 Å². The lowest BCUT2D eigenvalue weighted by Crippen LogP contribution is -2.25. The van der Waals surface area contributed by atoms with Crippen LogP contribution in [0.2, 0.25) is 0 Å². The van der Waals surface area contributed by atoms with Gasteiger partial charge in [-0.05, 0) is 43.0 Å². The molecule has 1 atom stereocenters. The van der Waals surface area contributed by atoms with Crippen molar-refractivity contribution in [1.29, 1.82) is 0 Å². The summed E-state index contributed by atoms with van der Waals surface area (Å²) < 4.78 is 0. The van der Waals surface area contributed by atoms with Crippen molar-refractivity contribution >= 4 is 23.5 Å². The zero-order valence-electron chi connectivity index (χ0n) is 12.7. The number of hydrogen-bond donors (Lipinski definition) is 3. The third-order valence-corrected chi connectivity index (χ3v) is 3.62. The average Bonchev–Trinajstić information content (AvgIpc) is 3.00. The van der Waals surface area contributed by atoms with E-state index >= 15 is 0 Å². The van der Waals surface area contributed by atoms with Crippen LogP contribution in [0.4, 0.5) is 5.69 Å². The fourth-order valence-corrected chi connectivity index (χ4v) is 2.41. The molecule has 0 saturated heterocycles. The van der Waals surface area contributed by atoms with Crippen LogP contribution in [0, 0.1) is 5.92 Å². The van der Waals surface area contributed by atoms with E-state index in [4.69, 9.17) is 5.11 Å². The largest absolute Gasteiger partial charge is 0.481 e. The van der Waals surface area contributed by atoms with Gasteiger partial charge in [-0.15, -0.1) is 0 Å². The van der Waals surface area contributed by atoms with Crippen LogP contribution in [0.25, 0.3) is 0 Å². The minimum Gasteiger partial charge on any atom is -0.481 e. The SMILES string of the molecule is O=C(O)CCNC(=O)c1ccc(NC(=O)CC2C=CCC2)cc1. The minimum absolute atomic E-state index is 0.0415. The van der Waals surface area contributed by atoms with Gasteiger partial charge in [0.15, 0.2) is 0 Å². The number of carboxylic acid groups (broad SMARTS) is 1. The van der Waals surface area contributed by atoms with Crippen molar-refractivity contribution in [1.82, 2.24) is 5.32 Å². The van der Waals surface area contributed by atoms with Crippen LogP contribution in [-0.2, 0) is 9.59 Å². The fourth-order valence-electron chi connectivity index (χ4n) is 2.41. The molecule has 0 spiro atoms. The third-order valence-electron chi connectivity index (χ3n) is 3.62. The maximum absolute atomic E-state index is 11.9. The Morgan fingerprint density at radius 2 is 1.91 bits per heavy atom. The first kappa shape index (κ1) is 16.7. The number of carbonyl (C=O) groups is 3. The summed E-state index contributed by atoms with van der Waals surface area (Å²) in [6.07, 6.45) is 6.57. The minimum atomic E-state index is -0.958. The highest BCUT2D eigenvalue weighted by Crippen LogP contribution is 2.21. The molecule has 0 bridgehead atoms. The van der Waals surface area contributed by atoms with Crippen molar-refractivity contribution in [3.63, 3.8) is 0 Å². The summed E-state index contributed by atoms with van der Waals surface area (Å²) in [6, 6.07) is 6.52. The molecule has 3 N–H and O–H groups in total. The number of benzene rings is 1. The molecule has 1 aromatic rings. The first-order valence-corrected chi connectivity index (χ1v) is 7.61. The number of aliphatic carboxylic acids is 1. The van der Waals surface area contributed by atoms with Crippen LogP contribution in [0.5, 0.6) is 0 Å². The molecule has 122 valence electrons. The van der Waals surface area contributed by atoms with E-state index in [1.165, 1.54) is 0 Å². The molecule has 1 aliphatic rings. The molecule has 0 fully saturated rings. The van der Waals surface area contributed by atoms with Crippen molar-refractivity contribution in [2.45, 2.75) is 25.7 Å². The number of carbonyl (C=O) groups excluding carboxylic acids is 2. The van der Waals surface area contributed by atoms with Gasteiger partial charge >= 0.3 is 5.97 Å². The standard InChI is InChI=1S/C17H20N2O4/c20-15(11-12-3-1-2-4-12)19-14-7-5-13(6-8-14)17(23)18-10-9-16(21)22/h1,3,5-8,12H,2,4,9-11H2,(H,18,23)(H,19,20)(H,21,22). The maximum Gasteiger partial charge on any atom is 0.305 e. The van der Waals surface area contributed by atoms with Crippen molar-refractivity contribution in [2.75, 3.05) is 11.9 Å². The second-order valence-electron chi connectivity index (χ2n) is 5.49. The Labute approximate surface area is 134 Å². The van der Waals surface area contributed by atoms with Crippen molar-refractivity contribution in [3.05, 3.63) is 42.0 Å². The smallest absolute Gasteiger partial charge is 0.305 e. The Kier molecular flexibility index (Phi) is 5.91. The van der Waals surface area contributed by atoms with E-state index in [9.17, 15) is 14.4 Å². The quantitative estimate of drug-likeness (QED) is 0.672. The molecular formula is C17H20N2O4. The van der Waals surface area contributed by atoms with Gasteiger partial charge in [0, 0.05) is 24.2 Å². The summed E-state index contributed by atoms with van der Waals surface area (Å²) in [4.78, 5) is 34.1. The highest BCUT2D eigenvalue weighted by molar-refractivity contribution is 5.96. The lowest BCUT2D eigenvalue weighted by Gasteiger charge is -2.09. The monoisotopic (exact) mass is 316 g/mol. The number of amides is 2. The van der Waals surface area contributed by atoms with E-state index in [1.807, 2.05) is 0 Å². The second kappa shape index (κ2) is 8.12. The van der Waals surface area contributed by atoms with Crippen LogP contribution in [-0.4, -0.2) is 29.4 Å². The molecule has 2 amide bonds. The van der Waals surface area contributed by atoms with E-state index in [-0.39, 0.29) is 24.8 Å². The van der Waals surface area contributed by atoms with Crippen molar-refractivity contribution < 1.29 is 19.5 Å². The van der Waals surface area contributed by atoms with Gasteiger partial charge in [-0.2, -0.15) is 0 Å². The number of carboxylic acids is 1. The third kappa shape index (κ3) is 5.58. The zero-order chi connectivity index (χ0) is 16.7. The van der Waals surface area contributed by atoms with Crippen molar-refractivity contribution in [3.8, 4) is 0 Å². The van der Waals surface area contributed by atoms with Crippen LogP contribution in [0.1, 0.15) is 36.0 Å². The number of allylic oxidation sites excluding steroid dienone is 2. The van der Waals surface area contributed by atoms with Crippen molar-refractivity contribution in [2.24, 2.45) is 5.92 Å². The molecule has 1 aromatic carbocycles. The molecule has 0 heterocycles. The van der Waals surface area contributed by atoms with Gasteiger partial charge in [-0.1, -0.05) is 12.2 Å². The number of rotatable bonds is 7. The highest BCUT2D eigenvalue weighted by Gasteiger charge is 2.14. The van der Waals surface area contributed by atoms with E-state index < -0.39 is 5.97 Å². The van der Waals surface area contributed by atoms with Crippen LogP contribution < -0.4 is 10.6 Å². The Bertz CT molecular complexity index is 608. The highest BCUT2D eigenvalue weighted by atomic mass is 16.4. The Morgan fingerprint density at radius 1 is 1.17 bits per heavy atom. The summed E-state index contributed by atoms with van der Waals surface area (Å²) in [5, 5.41) is 13.9. The molecule has 2 rings (SSSR count). The molecule has 0 saturated carbocycles. The summed E-state index contributed by atoms with van der Waals surface area (Å²) >= 11 is 0. The van der Waals surface area contributed by atoms with Gasteiger partial charge in [0.2, 0.25) is 5.91 Å². The normalized spacial score (nSPS) is 16.1. The molecule has 1 aliphatic carbocycles. The number of nitrogens with one attached hydrogen (secondary N) is 2. The Hall–Kier alpha value is -2.63. The van der Waals surface area contributed by atoms with E-state index in [0.29, 0.717) is 23.6 Å². The Morgan fingerprint density at radius 3 is 2.52 bits per heavy atom. The van der Waals surface area contributed by atoms with E-state index in [0.717, 1.165) is 12.8 Å². The molecule has 6 nitrogen and oxygen atoms in total. The maximum atomic E-state index is 11.9. The van der Waals surface area contributed by atoms with Gasteiger partial charge in [0.25, 0.3) is 5.91 Å². The van der Waals surface area contributed by atoms with Gasteiger partial charge in [0.05, 0.1) is 6.42 Å². The number of hydrogen-bond acceptors (Lipinski definition) is 3. The van der Waals surface area contributed by atoms with Gasteiger partial charge < -0.3 is 15.7 Å². The van der Waals surface area contributed by atoms with Gasteiger partial charge in [-0.25, -0.2) is 0 Å². The van der Waals surface area contributed by atoms with Gasteiger partial charge in [0.1, 0.15) is 0 Å². The van der Waals surface area contributed by atoms with Crippen LogP contribution in [0.3, 0.4) is 0 Å². The lowest BCUT2D eigenvalue weighted by molar-refractivity contribution is -0.136. The van der Waals surface area contributed by atoms with Gasteiger partial charge in [-0.3, -0.25) is 14.4 Å². The summed E-state index contributed by atoms with van der Waals surface area (Å²) in [5.74, 6) is -1.02. The molecule has 0 aromatic heterocycles. The Balaban J connectivity index is 1.81. The number of anilines is 1. The van der Waals surface area contributed by atoms with E-state index in [2.05, 4.69) is 22.8 Å². The fraction of sp³-hybridized carbons (Fsp3) is 0.353. The molecule has 0 radical (unpaired) electrons. The predicted molar refractivity (Wildman–Crippen MR) is 86.1 cm³/mol. The molecule has 1 unspecified atom stereocenters. The molecule has 0 aliphatic heterocycles. The van der Waals surface area contributed by atoms with Crippen LogP contribution in [0.15, 0.2) is 36.4 Å².